The summed E-state index contributed by atoms with van der Waals surface area (Å²) in [4.78, 5) is 35.8. The van der Waals surface area contributed by atoms with Crippen molar-refractivity contribution in [2.75, 3.05) is 5.32 Å². The Kier molecular flexibility index (Phi) is 4.25. The average molecular weight is 361 g/mol. The molecule has 3 aromatic rings. The lowest BCUT2D eigenvalue weighted by molar-refractivity contribution is -0.125. The number of nitrogens with one attached hydrogen (secondary N) is 2. The summed E-state index contributed by atoms with van der Waals surface area (Å²) in [7, 11) is 0. The smallest absolute Gasteiger partial charge is 0.339 e. The van der Waals surface area contributed by atoms with E-state index in [0.29, 0.717) is 23.4 Å². The highest BCUT2D eigenvalue weighted by atomic mass is 16.5. The van der Waals surface area contributed by atoms with E-state index in [2.05, 4.69) is 15.5 Å². The van der Waals surface area contributed by atoms with Crippen LogP contribution in [0, 0.1) is 0 Å². The highest BCUT2D eigenvalue weighted by Crippen LogP contribution is 2.23. The molecule has 1 aliphatic rings. The molecule has 0 saturated carbocycles. The molecule has 0 saturated heterocycles. The Hall–Kier alpha value is -3.74. The van der Waals surface area contributed by atoms with Gasteiger partial charge in [-0.15, -0.1) is 0 Å². The number of aromatic amines is 1. The minimum atomic E-state index is -0.887. The SMILES string of the molecule is O=C1O[C@@H](C(=O)Nc2cccc(-c3ccc(=O)[nH]n3)c2)Cc2ccccc21. The molecule has 4 rings (SSSR count). The minimum Gasteiger partial charge on any atom is -0.448 e. The standard InChI is InChI=1S/C20H15N3O4/c24-18-9-8-16(22-23-18)13-5-3-6-14(10-13)21-19(25)17-11-12-4-1-2-7-15(12)20(26)27-17/h1-10,17H,11H2,(H,21,25)(H,23,24)/t17-/m1/s1. The largest absolute Gasteiger partial charge is 0.448 e. The van der Waals surface area contributed by atoms with Crippen molar-refractivity contribution in [3.8, 4) is 11.3 Å². The molecule has 0 bridgehead atoms. The van der Waals surface area contributed by atoms with E-state index in [9.17, 15) is 14.4 Å². The molecule has 2 aromatic carbocycles. The molecule has 1 atom stereocenters. The van der Waals surface area contributed by atoms with Gasteiger partial charge in [0.05, 0.1) is 11.3 Å². The van der Waals surface area contributed by atoms with Crippen LogP contribution in [-0.2, 0) is 16.0 Å². The number of nitrogens with zero attached hydrogens (tertiary/aromatic N) is 1. The Morgan fingerprint density at radius 3 is 2.74 bits per heavy atom. The van der Waals surface area contributed by atoms with E-state index in [-0.39, 0.29) is 5.56 Å². The molecular weight excluding hydrogens is 346 g/mol. The van der Waals surface area contributed by atoms with Crippen LogP contribution in [0.25, 0.3) is 11.3 Å². The highest BCUT2D eigenvalue weighted by Gasteiger charge is 2.31. The fraction of sp³-hybridized carbons (Fsp3) is 0.100. The molecule has 7 nitrogen and oxygen atoms in total. The average Bonchev–Trinajstić information content (AvgIpc) is 2.69. The first-order chi connectivity index (χ1) is 13.1. The van der Waals surface area contributed by atoms with Crippen molar-refractivity contribution in [1.82, 2.24) is 10.2 Å². The molecule has 7 heteroatoms. The van der Waals surface area contributed by atoms with E-state index in [1.165, 1.54) is 6.07 Å². The van der Waals surface area contributed by atoms with Gasteiger partial charge in [0.1, 0.15) is 0 Å². The van der Waals surface area contributed by atoms with Crippen molar-refractivity contribution in [3.63, 3.8) is 0 Å². The fourth-order valence-electron chi connectivity index (χ4n) is 2.96. The molecular formula is C20H15N3O4. The van der Waals surface area contributed by atoms with Crippen LogP contribution in [0.3, 0.4) is 0 Å². The Bertz CT molecular complexity index is 1070. The number of hydrogen-bond donors (Lipinski definition) is 2. The second-order valence-corrected chi connectivity index (χ2v) is 6.13. The van der Waals surface area contributed by atoms with E-state index in [4.69, 9.17) is 4.74 Å². The van der Waals surface area contributed by atoms with Crippen LogP contribution < -0.4 is 10.9 Å². The Morgan fingerprint density at radius 1 is 1.07 bits per heavy atom. The van der Waals surface area contributed by atoms with Gasteiger partial charge in [-0.1, -0.05) is 30.3 Å². The zero-order chi connectivity index (χ0) is 18.8. The Labute approximate surface area is 154 Å². The number of esters is 1. The van der Waals surface area contributed by atoms with Crippen molar-refractivity contribution in [2.24, 2.45) is 0 Å². The first-order valence-electron chi connectivity index (χ1n) is 8.36. The summed E-state index contributed by atoms with van der Waals surface area (Å²) < 4.78 is 5.27. The second kappa shape index (κ2) is 6.87. The van der Waals surface area contributed by atoms with E-state index in [0.717, 1.165) is 11.1 Å². The molecule has 2 N–H and O–H groups in total. The monoisotopic (exact) mass is 361 g/mol. The predicted octanol–water partition coefficient (Wildman–Crippen LogP) is 2.16. The van der Waals surface area contributed by atoms with Gasteiger partial charge in [0.15, 0.2) is 6.10 Å². The maximum absolute atomic E-state index is 12.6. The second-order valence-electron chi connectivity index (χ2n) is 6.13. The number of amides is 1. The van der Waals surface area contributed by atoms with Gasteiger partial charge < -0.3 is 10.1 Å². The number of cyclic esters (lactones) is 1. The molecule has 1 amide bonds. The summed E-state index contributed by atoms with van der Waals surface area (Å²) in [6.07, 6.45) is -0.559. The molecule has 0 unspecified atom stereocenters. The van der Waals surface area contributed by atoms with Crippen LogP contribution in [0.2, 0.25) is 0 Å². The molecule has 134 valence electrons. The van der Waals surface area contributed by atoms with E-state index >= 15 is 0 Å². The number of hydrogen-bond acceptors (Lipinski definition) is 5. The van der Waals surface area contributed by atoms with Crippen LogP contribution in [0.4, 0.5) is 5.69 Å². The molecule has 0 spiro atoms. The number of aromatic nitrogens is 2. The summed E-state index contributed by atoms with van der Waals surface area (Å²) in [6, 6.07) is 17.1. The fourth-order valence-corrected chi connectivity index (χ4v) is 2.96. The third kappa shape index (κ3) is 3.48. The summed E-state index contributed by atoms with van der Waals surface area (Å²) in [5, 5.41) is 9.12. The van der Waals surface area contributed by atoms with Gasteiger partial charge in [-0.25, -0.2) is 9.89 Å². The summed E-state index contributed by atoms with van der Waals surface area (Å²) in [5.74, 6) is -0.896. The van der Waals surface area contributed by atoms with Gasteiger partial charge in [0, 0.05) is 23.7 Å². The van der Waals surface area contributed by atoms with Gasteiger partial charge in [-0.05, 0) is 29.8 Å². The summed E-state index contributed by atoms with van der Waals surface area (Å²) >= 11 is 0. The van der Waals surface area contributed by atoms with Gasteiger partial charge in [0.25, 0.3) is 11.5 Å². The summed E-state index contributed by atoms with van der Waals surface area (Å²) in [5.41, 5.74) is 2.84. The Balaban J connectivity index is 1.52. The number of H-pyrrole nitrogens is 1. The predicted molar refractivity (Wildman–Crippen MR) is 98.3 cm³/mol. The summed E-state index contributed by atoms with van der Waals surface area (Å²) in [6.45, 7) is 0. The zero-order valence-corrected chi connectivity index (χ0v) is 14.1. The molecule has 0 fully saturated rings. The van der Waals surface area contributed by atoms with Gasteiger partial charge in [-0.2, -0.15) is 5.10 Å². The van der Waals surface area contributed by atoms with Crippen LogP contribution >= 0.6 is 0 Å². The zero-order valence-electron chi connectivity index (χ0n) is 14.1. The first-order valence-corrected chi connectivity index (χ1v) is 8.36. The Morgan fingerprint density at radius 2 is 1.93 bits per heavy atom. The lowest BCUT2D eigenvalue weighted by Gasteiger charge is -2.23. The normalized spacial score (nSPS) is 15.6. The highest BCUT2D eigenvalue weighted by molar-refractivity contribution is 6.00. The van der Waals surface area contributed by atoms with Gasteiger partial charge in [0.2, 0.25) is 0 Å². The maximum Gasteiger partial charge on any atom is 0.339 e. The van der Waals surface area contributed by atoms with Crippen molar-refractivity contribution >= 4 is 17.6 Å². The number of fused-ring (bicyclic) bond motifs is 1. The topological polar surface area (TPSA) is 101 Å². The van der Waals surface area contributed by atoms with E-state index < -0.39 is 18.0 Å². The number of carbonyl (C=O) groups excluding carboxylic acids is 2. The first kappa shape index (κ1) is 16.7. The van der Waals surface area contributed by atoms with Gasteiger partial charge >= 0.3 is 5.97 Å². The van der Waals surface area contributed by atoms with Crippen molar-refractivity contribution in [1.29, 1.82) is 0 Å². The molecule has 0 aliphatic carbocycles. The number of ether oxygens (including phenoxy) is 1. The lowest BCUT2D eigenvalue weighted by Crippen LogP contribution is -2.37. The number of benzene rings is 2. The van der Waals surface area contributed by atoms with Crippen molar-refractivity contribution < 1.29 is 14.3 Å². The van der Waals surface area contributed by atoms with Gasteiger partial charge in [-0.3, -0.25) is 9.59 Å². The van der Waals surface area contributed by atoms with Crippen LogP contribution in [-0.4, -0.2) is 28.2 Å². The molecule has 27 heavy (non-hydrogen) atoms. The number of rotatable bonds is 3. The lowest BCUT2D eigenvalue weighted by atomic mass is 9.98. The van der Waals surface area contributed by atoms with E-state index in [1.807, 2.05) is 18.2 Å². The van der Waals surface area contributed by atoms with Crippen molar-refractivity contribution in [2.45, 2.75) is 12.5 Å². The third-order valence-corrected chi connectivity index (χ3v) is 4.29. The van der Waals surface area contributed by atoms with Crippen molar-refractivity contribution in [3.05, 3.63) is 82.1 Å². The minimum absolute atomic E-state index is 0.289. The van der Waals surface area contributed by atoms with Crippen LogP contribution in [0.15, 0.2) is 65.5 Å². The number of carbonyl (C=O) groups is 2. The van der Waals surface area contributed by atoms with Crippen LogP contribution in [0.1, 0.15) is 15.9 Å². The molecule has 0 radical (unpaired) electrons. The molecule has 1 aromatic heterocycles. The molecule has 1 aliphatic heterocycles. The quantitative estimate of drug-likeness (QED) is 0.696. The maximum atomic E-state index is 12.6. The van der Waals surface area contributed by atoms with Crippen LogP contribution in [0.5, 0.6) is 0 Å². The number of anilines is 1. The molecule has 2 heterocycles. The van der Waals surface area contributed by atoms with E-state index in [1.54, 1.807) is 36.4 Å². The third-order valence-electron chi connectivity index (χ3n) is 4.29.